The van der Waals surface area contributed by atoms with Crippen LogP contribution in [0.3, 0.4) is 0 Å². The van der Waals surface area contributed by atoms with E-state index < -0.39 is 0 Å². The van der Waals surface area contributed by atoms with Crippen molar-refractivity contribution in [2.24, 2.45) is 5.92 Å². The smallest absolute Gasteiger partial charge is 0.0670 e. The van der Waals surface area contributed by atoms with Crippen molar-refractivity contribution in [1.82, 2.24) is 9.88 Å². The maximum Gasteiger partial charge on any atom is 0.0670 e. The largest absolute Gasteiger partial charge is 0.293 e. The highest BCUT2D eigenvalue weighted by molar-refractivity contribution is 5.11. The number of likely N-dealkylation sites (tertiary alicyclic amines) is 1. The molecule has 0 saturated carbocycles. The van der Waals surface area contributed by atoms with Gasteiger partial charge in [-0.25, -0.2) is 0 Å². The maximum atomic E-state index is 8.99. The Kier molecular flexibility index (Phi) is 2.93. The summed E-state index contributed by atoms with van der Waals surface area (Å²) in [5.41, 5.74) is 1.34. The molecule has 1 aliphatic heterocycles. The summed E-state index contributed by atoms with van der Waals surface area (Å²) in [7, 11) is 0. The molecule has 1 aliphatic rings. The Morgan fingerprint density at radius 2 is 2.44 bits per heavy atom. The molecular formula is C13H17N3. The molecule has 1 saturated heterocycles. The highest BCUT2D eigenvalue weighted by atomic mass is 15.2. The molecule has 0 amide bonds. The third kappa shape index (κ3) is 2.23. The van der Waals surface area contributed by atoms with Gasteiger partial charge < -0.3 is 0 Å². The monoisotopic (exact) mass is 215 g/mol. The molecule has 1 unspecified atom stereocenters. The van der Waals surface area contributed by atoms with Crippen molar-refractivity contribution in [3.63, 3.8) is 0 Å². The third-order valence-corrected chi connectivity index (χ3v) is 3.32. The molecule has 3 nitrogen and oxygen atoms in total. The Balaban J connectivity index is 2.09. The third-order valence-electron chi connectivity index (χ3n) is 3.32. The van der Waals surface area contributed by atoms with Gasteiger partial charge in [-0.05, 0) is 31.9 Å². The number of nitrogens with zero attached hydrogens (tertiary/aromatic N) is 3. The van der Waals surface area contributed by atoms with E-state index in [2.05, 4.69) is 35.9 Å². The van der Waals surface area contributed by atoms with E-state index in [1.54, 1.807) is 6.20 Å². The van der Waals surface area contributed by atoms with Crippen LogP contribution < -0.4 is 0 Å². The second-order valence-electron chi connectivity index (χ2n) is 5.08. The van der Waals surface area contributed by atoms with Crippen LogP contribution in [-0.2, 0) is 6.54 Å². The van der Waals surface area contributed by atoms with Crippen molar-refractivity contribution < 1.29 is 0 Å². The molecule has 84 valence electrons. The summed E-state index contributed by atoms with van der Waals surface area (Å²) in [6.45, 7) is 6.18. The minimum atomic E-state index is 0.121. The summed E-state index contributed by atoms with van der Waals surface area (Å²) in [4.78, 5) is 6.49. The van der Waals surface area contributed by atoms with Gasteiger partial charge in [0.25, 0.3) is 0 Å². The maximum absolute atomic E-state index is 8.99. The molecule has 0 N–H and O–H groups in total. The van der Waals surface area contributed by atoms with E-state index in [0.29, 0.717) is 0 Å². The molecule has 0 aliphatic carbocycles. The van der Waals surface area contributed by atoms with E-state index in [1.807, 2.05) is 12.3 Å². The summed E-state index contributed by atoms with van der Waals surface area (Å²) in [6, 6.07) is 6.42. The molecular weight excluding hydrogens is 198 g/mol. The normalized spacial score (nSPS) is 24.2. The van der Waals surface area contributed by atoms with Crippen LogP contribution in [0.5, 0.6) is 0 Å². The van der Waals surface area contributed by atoms with E-state index in [1.165, 1.54) is 5.56 Å². The molecule has 0 radical (unpaired) electrons. The van der Waals surface area contributed by atoms with E-state index in [4.69, 9.17) is 5.26 Å². The van der Waals surface area contributed by atoms with Crippen molar-refractivity contribution in [3.8, 4) is 6.07 Å². The van der Waals surface area contributed by atoms with Crippen LogP contribution in [0.25, 0.3) is 0 Å². The molecule has 1 atom stereocenters. The summed E-state index contributed by atoms with van der Waals surface area (Å²) < 4.78 is 0. The van der Waals surface area contributed by atoms with Gasteiger partial charge in [0.15, 0.2) is 0 Å². The lowest BCUT2D eigenvalue weighted by molar-refractivity contribution is 0.166. The van der Waals surface area contributed by atoms with E-state index in [0.717, 1.165) is 19.5 Å². The fourth-order valence-electron chi connectivity index (χ4n) is 2.39. The van der Waals surface area contributed by atoms with Crippen LogP contribution in [0.2, 0.25) is 0 Å². The van der Waals surface area contributed by atoms with Crippen LogP contribution >= 0.6 is 0 Å². The fraction of sp³-hybridized carbons (Fsp3) is 0.538. The standard InChI is InChI=1S/C13H17N3/c1-13(2)6-12(7-14)10-16(13)9-11-4-3-5-15-8-11/h3-5,8,12H,6,9-10H2,1-2H3. The first-order valence-electron chi connectivity index (χ1n) is 5.65. The molecule has 16 heavy (non-hydrogen) atoms. The predicted molar refractivity (Wildman–Crippen MR) is 62.4 cm³/mol. The zero-order chi connectivity index (χ0) is 11.6. The van der Waals surface area contributed by atoms with E-state index in [-0.39, 0.29) is 11.5 Å². The van der Waals surface area contributed by atoms with Crippen LogP contribution in [0.1, 0.15) is 25.8 Å². The van der Waals surface area contributed by atoms with Crippen molar-refractivity contribution >= 4 is 0 Å². The van der Waals surface area contributed by atoms with Crippen LogP contribution in [0.15, 0.2) is 24.5 Å². The first-order chi connectivity index (χ1) is 7.62. The average Bonchev–Trinajstić information content (AvgIpc) is 2.55. The second-order valence-corrected chi connectivity index (χ2v) is 5.08. The Morgan fingerprint density at radius 3 is 3.00 bits per heavy atom. The number of nitriles is 1. The zero-order valence-corrected chi connectivity index (χ0v) is 9.85. The molecule has 0 bridgehead atoms. The topological polar surface area (TPSA) is 39.9 Å². The average molecular weight is 215 g/mol. The van der Waals surface area contributed by atoms with Crippen LogP contribution in [0, 0.1) is 17.2 Å². The fourth-order valence-corrected chi connectivity index (χ4v) is 2.39. The SMILES string of the molecule is CC1(C)CC(C#N)CN1Cc1cccnc1. The molecule has 0 aromatic carbocycles. The van der Waals surface area contributed by atoms with E-state index in [9.17, 15) is 0 Å². The Labute approximate surface area is 96.7 Å². The molecule has 1 aromatic rings. The predicted octanol–water partition coefficient (Wildman–Crippen LogP) is 2.21. The van der Waals surface area contributed by atoms with E-state index >= 15 is 0 Å². The zero-order valence-electron chi connectivity index (χ0n) is 9.85. The number of rotatable bonds is 2. The molecule has 0 spiro atoms. The Hall–Kier alpha value is -1.40. The Bertz CT molecular complexity index is 391. The number of pyridine rings is 1. The van der Waals surface area contributed by atoms with Gasteiger partial charge in [-0.2, -0.15) is 5.26 Å². The first kappa shape index (κ1) is 11.1. The van der Waals surface area contributed by atoms with Crippen LogP contribution in [0.4, 0.5) is 0 Å². The van der Waals surface area contributed by atoms with Gasteiger partial charge in [-0.1, -0.05) is 6.07 Å². The van der Waals surface area contributed by atoms with Gasteiger partial charge in [0.1, 0.15) is 0 Å². The minimum absolute atomic E-state index is 0.121. The van der Waals surface area contributed by atoms with Crippen molar-refractivity contribution in [1.29, 1.82) is 5.26 Å². The Morgan fingerprint density at radius 1 is 1.62 bits per heavy atom. The van der Waals surface area contributed by atoms with Crippen molar-refractivity contribution in [3.05, 3.63) is 30.1 Å². The highest BCUT2D eigenvalue weighted by Gasteiger charge is 2.38. The molecule has 2 heterocycles. The lowest BCUT2D eigenvalue weighted by Crippen LogP contribution is -2.37. The quantitative estimate of drug-likeness (QED) is 0.759. The number of hydrogen-bond acceptors (Lipinski definition) is 3. The highest BCUT2D eigenvalue weighted by Crippen LogP contribution is 2.33. The summed E-state index contributed by atoms with van der Waals surface area (Å²) in [6.07, 6.45) is 4.65. The van der Waals surface area contributed by atoms with Crippen molar-refractivity contribution in [2.45, 2.75) is 32.4 Å². The van der Waals surface area contributed by atoms with Gasteiger partial charge in [0, 0.05) is 31.0 Å². The summed E-state index contributed by atoms with van der Waals surface area (Å²) in [5, 5.41) is 8.99. The summed E-state index contributed by atoms with van der Waals surface area (Å²) in [5.74, 6) is 0.173. The van der Waals surface area contributed by atoms with Gasteiger partial charge >= 0.3 is 0 Å². The molecule has 3 heteroatoms. The minimum Gasteiger partial charge on any atom is -0.293 e. The van der Waals surface area contributed by atoms with Gasteiger partial charge in [0.05, 0.1) is 12.0 Å². The lowest BCUT2D eigenvalue weighted by atomic mass is 9.97. The van der Waals surface area contributed by atoms with Gasteiger partial charge in [0.2, 0.25) is 0 Å². The number of aromatic nitrogens is 1. The van der Waals surface area contributed by atoms with Crippen molar-refractivity contribution in [2.75, 3.05) is 6.54 Å². The van der Waals surface area contributed by atoms with Crippen LogP contribution in [-0.4, -0.2) is 22.0 Å². The lowest BCUT2D eigenvalue weighted by Gasteiger charge is -2.31. The summed E-state index contributed by atoms with van der Waals surface area (Å²) >= 11 is 0. The second kappa shape index (κ2) is 4.23. The molecule has 2 rings (SSSR count). The molecule has 1 fully saturated rings. The molecule has 1 aromatic heterocycles. The van der Waals surface area contributed by atoms with Gasteiger partial charge in [-0.15, -0.1) is 0 Å². The first-order valence-corrected chi connectivity index (χ1v) is 5.65. The number of hydrogen-bond donors (Lipinski definition) is 0. The van der Waals surface area contributed by atoms with Gasteiger partial charge in [-0.3, -0.25) is 9.88 Å².